The molecular formula is C19H18F2N4O2. The molecule has 0 bridgehead atoms. The van der Waals surface area contributed by atoms with E-state index >= 15 is 0 Å². The number of urea groups is 1. The van der Waals surface area contributed by atoms with Crippen molar-refractivity contribution in [3.8, 4) is 5.75 Å². The third kappa shape index (κ3) is 3.34. The van der Waals surface area contributed by atoms with Crippen molar-refractivity contribution < 1.29 is 18.3 Å². The van der Waals surface area contributed by atoms with E-state index in [2.05, 4.69) is 10.1 Å². The maximum absolute atomic E-state index is 13.5. The third-order valence-corrected chi connectivity index (χ3v) is 4.89. The molecule has 27 heavy (non-hydrogen) atoms. The van der Waals surface area contributed by atoms with Gasteiger partial charge in [0, 0.05) is 18.8 Å². The molecule has 4 rings (SSSR count). The van der Waals surface area contributed by atoms with E-state index in [1.54, 1.807) is 29.4 Å². The van der Waals surface area contributed by atoms with Crippen molar-refractivity contribution >= 4 is 12.2 Å². The van der Waals surface area contributed by atoms with Crippen LogP contribution in [0.2, 0.25) is 0 Å². The van der Waals surface area contributed by atoms with Gasteiger partial charge in [0.1, 0.15) is 23.5 Å². The molecule has 3 atom stereocenters. The third-order valence-electron chi connectivity index (χ3n) is 4.89. The van der Waals surface area contributed by atoms with Gasteiger partial charge in [-0.2, -0.15) is 5.10 Å². The van der Waals surface area contributed by atoms with Crippen LogP contribution in [0.4, 0.5) is 13.6 Å². The number of carbonyl (C=O) groups is 1. The van der Waals surface area contributed by atoms with Crippen LogP contribution in [0.15, 0.2) is 47.8 Å². The fraction of sp³-hybridized carbons (Fsp3) is 0.316. The lowest BCUT2D eigenvalue weighted by Crippen LogP contribution is -2.64. The molecule has 0 spiro atoms. The van der Waals surface area contributed by atoms with E-state index in [-0.39, 0.29) is 30.0 Å². The van der Waals surface area contributed by atoms with Crippen LogP contribution in [0.3, 0.4) is 0 Å². The molecule has 2 amide bonds. The number of hydrogen-bond donors (Lipinski definition) is 0. The van der Waals surface area contributed by atoms with Gasteiger partial charge in [-0.15, -0.1) is 0 Å². The molecule has 0 radical (unpaired) electrons. The molecule has 8 heteroatoms. The number of pyridine rings is 1. The summed E-state index contributed by atoms with van der Waals surface area (Å²) in [7, 11) is 0. The van der Waals surface area contributed by atoms with Crippen LogP contribution in [-0.4, -0.2) is 45.8 Å². The maximum Gasteiger partial charge on any atom is 0.341 e. The molecule has 3 heterocycles. The summed E-state index contributed by atoms with van der Waals surface area (Å²) in [5, 5.41) is 5.53. The summed E-state index contributed by atoms with van der Waals surface area (Å²) in [5.74, 6) is -0.217. The first-order valence-corrected chi connectivity index (χ1v) is 8.68. The number of ether oxygens (including phenoxy) is 1. The quantitative estimate of drug-likeness (QED) is 0.830. The van der Waals surface area contributed by atoms with Gasteiger partial charge in [0.15, 0.2) is 0 Å². The molecule has 6 nitrogen and oxygen atoms in total. The zero-order chi connectivity index (χ0) is 19.0. The van der Waals surface area contributed by atoms with Gasteiger partial charge < -0.3 is 9.64 Å². The van der Waals surface area contributed by atoms with E-state index in [1.807, 2.05) is 6.92 Å². The van der Waals surface area contributed by atoms with Gasteiger partial charge in [0.2, 0.25) is 0 Å². The summed E-state index contributed by atoms with van der Waals surface area (Å²) in [6, 6.07) is 6.36. The average molecular weight is 372 g/mol. The molecular weight excluding hydrogens is 354 g/mol. The average Bonchev–Trinajstić information content (AvgIpc) is 3.15. The van der Waals surface area contributed by atoms with Crippen LogP contribution in [-0.2, 0) is 0 Å². The number of aromatic nitrogens is 1. The van der Waals surface area contributed by atoms with Gasteiger partial charge in [-0.3, -0.25) is 4.98 Å². The number of nitrogens with zero attached hydrogens (tertiary/aromatic N) is 4. The summed E-state index contributed by atoms with van der Waals surface area (Å²) in [6.45, 7) is 2.28. The number of rotatable bonds is 3. The van der Waals surface area contributed by atoms with Gasteiger partial charge in [-0.25, -0.2) is 18.6 Å². The Morgan fingerprint density at radius 3 is 2.67 bits per heavy atom. The number of halogens is 2. The molecule has 2 aliphatic rings. The number of hydrazone groups is 1. The zero-order valence-corrected chi connectivity index (χ0v) is 14.6. The number of carbonyl (C=O) groups excluding carboxylic acids is 1. The predicted octanol–water partition coefficient (Wildman–Crippen LogP) is 3.36. The van der Waals surface area contributed by atoms with E-state index < -0.39 is 5.82 Å². The number of benzene rings is 1. The minimum absolute atomic E-state index is 0.162. The topological polar surface area (TPSA) is 58.0 Å². The van der Waals surface area contributed by atoms with Gasteiger partial charge in [-0.1, -0.05) is 0 Å². The highest BCUT2D eigenvalue weighted by molar-refractivity contribution is 5.79. The first-order valence-electron chi connectivity index (χ1n) is 8.68. The first kappa shape index (κ1) is 17.4. The Morgan fingerprint density at radius 2 is 1.96 bits per heavy atom. The van der Waals surface area contributed by atoms with Crippen LogP contribution in [0.1, 0.15) is 24.9 Å². The Bertz CT molecular complexity index is 874. The van der Waals surface area contributed by atoms with Crippen molar-refractivity contribution in [1.29, 1.82) is 0 Å². The summed E-state index contributed by atoms with van der Waals surface area (Å²) >= 11 is 0. The van der Waals surface area contributed by atoms with Crippen molar-refractivity contribution in [3.05, 3.63) is 59.9 Å². The highest BCUT2D eigenvalue weighted by Crippen LogP contribution is 2.32. The second-order valence-corrected chi connectivity index (χ2v) is 6.62. The largest absolute Gasteiger partial charge is 0.486 e. The summed E-state index contributed by atoms with van der Waals surface area (Å²) < 4.78 is 32.3. The SMILES string of the molecule is C[C@@H]1[C@@H](Oc2ccc(F)cc2)CN1C(=O)N1N=CC[C@H]1c1cncc(F)c1. The van der Waals surface area contributed by atoms with Gasteiger partial charge in [0.05, 0.1) is 24.8 Å². The van der Waals surface area contributed by atoms with Crippen LogP contribution < -0.4 is 4.74 Å². The molecule has 1 aromatic carbocycles. The summed E-state index contributed by atoms with van der Waals surface area (Å²) in [6.07, 6.45) is 4.64. The Labute approximate surface area is 155 Å². The fourth-order valence-corrected chi connectivity index (χ4v) is 3.27. The predicted molar refractivity (Wildman–Crippen MR) is 94.3 cm³/mol. The van der Waals surface area contributed by atoms with Crippen molar-refractivity contribution in [2.24, 2.45) is 5.10 Å². The van der Waals surface area contributed by atoms with Crippen LogP contribution in [0, 0.1) is 11.6 Å². The number of hydrogen-bond acceptors (Lipinski definition) is 4. The molecule has 1 aromatic heterocycles. The molecule has 140 valence electrons. The van der Waals surface area contributed by atoms with E-state index in [1.165, 1.54) is 23.2 Å². The standard InChI is InChI=1S/C19H18F2N4O2/c1-12-18(27-16-4-2-14(20)3-5-16)11-24(12)19(26)25-17(6-7-23-25)13-8-15(21)10-22-9-13/h2-5,7-10,12,17-18H,6,11H2,1H3/t12-,17+,18+/m1/s1. The smallest absolute Gasteiger partial charge is 0.341 e. The van der Waals surface area contributed by atoms with Crippen molar-refractivity contribution in [1.82, 2.24) is 14.9 Å². The number of amides is 2. The molecule has 2 aromatic rings. The lowest BCUT2D eigenvalue weighted by atomic mass is 10.0. The molecule has 2 aliphatic heterocycles. The lowest BCUT2D eigenvalue weighted by Gasteiger charge is -2.46. The van der Waals surface area contributed by atoms with E-state index in [4.69, 9.17) is 4.74 Å². The minimum atomic E-state index is -0.447. The highest BCUT2D eigenvalue weighted by atomic mass is 19.1. The second-order valence-electron chi connectivity index (χ2n) is 6.62. The van der Waals surface area contributed by atoms with Crippen molar-refractivity contribution in [2.45, 2.75) is 31.5 Å². The molecule has 0 saturated carbocycles. The Hall–Kier alpha value is -3.03. The molecule has 0 unspecified atom stereocenters. The van der Waals surface area contributed by atoms with Crippen molar-refractivity contribution in [3.63, 3.8) is 0 Å². The van der Waals surface area contributed by atoms with Crippen LogP contribution in [0.25, 0.3) is 0 Å². The van der Waals surface area contributed by atoms with Crippen LogP contribution >= 0.6 is 0 Å². The maximum atomic E-state index is 13.5. The van der Waals surface area contributed by atoms with Gasteiger partial charge in [-0.05, 0) is 42.8 Å². The van der Waals surface area contributed by atoms with E-state index in [0.717, 1.165) is 6.20 Å². The van der Waals surface area contributed by atoms with E-state index in [0.29, 0.717) is 24.3 Å². The summed E-state index contributed by atoms with van der Waals surface area (Å²) in [4.78, 5) is 18.4. The molecule has 1 saturated heterocycles. The molecule has 1 fully saturated rings. The second kappa shape index (κ2) is 6.94. The van der Waals surface area contributed by atoms with E-state index in [9.17, 15) is 13.6 Å². The van der Waals surface area contributed by atoms with Crippen LogP contribution in [0.5, 0.6) is 5.75 Å². The summed E-state index contributed by atoms with van der Waals surface area (Å²) in [5.41, 5.74) is 0.605. The Morgan fingerprint density at radius 1 is 1.19 bits per heavy atom. The number of likely N-dealkylation sites (tertiary alicyclic amines) is 1. The zero-order valence-electron chi connectivity index (χ0n) is 14.6. The Kier molecular flexibility index (Phi) is 4.47. The first-order chi connectivity index (χ1) is 13.0. The minimum Gasteiger partial charge on any atom is -0.486 e. The fourth-order valence-electron chi connectivity index (χ4n) is 3.27. The van der Waals surface area contributed by atoms with Gasteiger partial charge in [0.25, 0.3) is 0 Å². The highest BCUT2D eigenvalue weighted by Gasteiger charge is 2.44. The molecule has 0 aliphatic carbocycles. The van der Waals surface area contributed by atoms with Gasteiger partial charge >= 0.3 is 6.03 Å². The van der Waals surface area contributed by atoms with Crippen molar-refractivity contribution in [2.75, 3.05) is 6.54 Å². The monoisotopic (exact) mass is 372 g/mol. The lowest BCUT2D eigenvalue weighted by molar-refractivity contribution is -0.0197. The Balaban J connectivity index is 1.41. The molecule has 0 N–H and O–H groups in total. The normalized spacial score (nSPS) is 24.0.